The second kappa shape index (κ2) is 4.00. The molecule has 0 saturated heterocycles. The van der Waals surface area contributed by atoms with Gasteiger partial charge in [-0.3, -0.25) is 0 Å². The largest absolute Gasteiger partial charge is 0.313 e. The molecule has 2 heteroatoms. The van der Waals surface area contributed by atoms with Crippen LogP contribution < -0.4 is 0 Å². The van der Waals surface area contributed by atoms with Crippen LogP contribution in [0.4, 0.5) is 4.39 Å². The Morgan fingerprint density at radius 1 is 1.67 bits per heavy atom. The molecule has 0 heterocycles. The predicted molar refractivity (Wildman–Crippen MR) is 47.1 cm³/mol. The summed E-state index contributed by atoms with van der Waals surface area (Å²) in [6.07, 6.45) is 1.99. The van der Waals surface area contributed by atoms with E-state index in [0.717, 1.165) is 5.56 Å². The number of nitrogens with one attached hydrogen (secondary N) is 1. The van der Waals surface area contributed by atoms with Crippen molar-refractivity contribution in [2.45, 2.75) is 19.3 Å². The van der Waals surface area contributed by atoms with Crippen molar-refractivity contribution < 1.29 is 4.39 Å². The van der Waals surface area contributed by atoms with E-state index in [-0.39, 0.29) is 11.7 Å². The zero-order valence-corrected chi connectivity index (χ0v) is 6.97. The summed E-state index contributed by atoms with van der Waals surface area (Å²) in [5.41, 5.74) is 0.901. The highest BCUT2D eigenvalue weighted by molar-refractivity contribution is 5.54. The molecular weight excluding hydrogens is 153 g/mol. The molecule has 0 bridgehead atoms. The lowest BCUT2D eigenvalue weighted by molar-refractivity contribution is 0.622. The van der Waals surface area contributed by atoms with Crippen LogP contribution in [0.2, 0.25) is 0 Å². The molecule has 1 radical (unpaired) electrons. The molecule has 0 aromatic heterocycles. The lowest BCUT2D eigenvalue weighted by atomic mass is 9.98. The third kappa shape index (κ3) is 2.16. The molecule has 0 aliphatic rings. The molecule has 1 aromatic carbocycles. The van der Waals surface area contributed by atoms with Gasteiger partial charge in [0.2, 0.25) is 0 Å². The van der Waals surface area contributed by atoms with E-state index < -0.39 is 0 Å². The highest BCUT2D eigenvalue weighted by Crippen LogP contribution is 2.17. The fourth-order valence-electron chi connectivity index (χ4n) is 1.06. The van der Waals surface area contributed by atoms with Crippen LogP contribution in [0.1, 0.15) is 24.8 Å². The molecule has 1 atom stereocenters. The van der Waals surface area contributed by atoms with Gasteiger partial charge in [0.25, 0.3) is 0 Å². The SMILES string of the molecule is CC(CC=N)c1c[c]cc(F)c1. The van der Waals surface area contributed by atoms with Crippen molar-refractivity contribution in [3.05, 3.63) is 35.6 Å². The van der Waals surface area contributed by atoms with E-state index in [4.69, 9.17) is 5.41 Å². The van der Waals surface area contributed by atoms with E-state index in [1.54, 1.807) is 6.07 Å². The first kappa shape index (κ1) is 8.91. The fourth-order valence-corrected chi connectivity index (χ4v) is 1.06. The van der Waals surface area contributed by atoms with Crippen LogP contribution in [0.3, 0.4) is 0 Å². The van der Waals surface area contributed by atoms with E-state index in [2.05, 4.69) is 6.07 Å². The Labute approximate surface area is 71.7 Å². The van der Waals surface area contributed by atoms with Crippen LogP contribution >= 0.6 is 0 Å². The van der Waals surface area contributed by atoms with Crippen molar-refractivity contribution in [3.63, 3.8) is 0 Å². The molecule has 0 aliphatic heterocycles. The van der Waals surface area contributed by atoms with Gasteiger partial charge in [-0.1, -0.05) is 13.0 Å². The van der Waals surface area contributed by atoms with Gasteiger partial charge in [-0.15, -0.1) is 0 Å². The second-order valence-corrected chi connectivity index (χ2v) is 2.83. The molecule has 1 N–H and O–H groups in total. The highest BCUT2D eigenvalue weighted by atomic mass is 19.1. The van der Waals surface area contributed by atoms with Crippen molar-refractivity contribution in [3.8, 4) is 0 Å². The lowest BCUT2D eigenvalue weighted by Crippen LogP contribution is -1.94. The van der Waals surface area contributed by atoms with Crippen LogP contribution in [0.25, 0.3) is 0 Å². The molecule has 0 spiro atoms. The smallest absolute Gasteiger partial charge is 0.124 e. The number of benzene rings is 1. The van der Waals surface area contributed by atoms with Gasteiger partial charge in [0.1, 0.15) is 5.82 Å². The van der Waals surface area contributed by atoms with E-state index in [1.165, 1.54) is 18.3 Å². The molecular formula is C10H11FN. The summed E-state index contributed by atoms with van der Waals surface area (Å²) in [6.45, 7) is 1.97. The molecule has 1 nitrogen and oxygen atoms in total. The van der Waals surface area contributed by atoms with Crippen molar-refractivity contribution in [1.82, 2.24) is 0 Å². The van der Waals surface area contributed by atoms with Crippen LogP contribution in [0.15, 0.2) is 18.2 Å². The summed E-state index contributed by atoms with van der Waals surface area (Å²) in [5.74, 6) is -0.0567. The summed E-state index contributed by atoms with van der Waals surface area (Å²) < 4.78 is 12.7. The average Bonchev–Trinajstić information content (AvgIpc) is 2.05. The Hall–Kier alpha value is -1.18. The predicted octanol–water partition coefficient (Wildman–Crippen LogP) is 2.77. The van der Waals surface area contributed by atoms with Crippen molar-refractivity contribution in [2.75, 3.05) is 0 Å². The maximum atomic E-state index is 12.7. The zero-order valence-electron chi connectivity index (χ0n) is 6.97. The Kier molecular flexibility index (Phi) is 2.97. The van der Waals surface area contributed by atoms with Crippen LogP contribution in [0.5, 0.6) is 0 Å². The third-order valence-corrected chi connectivity index (χ3v) is 1.82. The standard InChI is InChI=1S/C10H11FN/c1-8(5-6-12)9-3-2-4-10(11)7-9/h3-4,6-8,12H,5H2,1H3. The van der Waals surface area contributed by atoms with Gasteiger partial charge in [-0.05, 0) is 42.3 Å². The molecule has 12 heavy (non-hydrogen) atoms. The molecule has 0 fully saturated rings. The molecule has 1 aromatic rings. The van der Waals surface area contributed by atoms with Gasteiger partial charge in [-0.2, -0.15) is 0 Å². The summed E-state index contributed by atoms with van der Waals surface area (Å²) in [7, 11) is 0. The molecule has 0 amide bonds. The van der Waals surface area contributed by atoms with Crippen molar-refractivity contribution >= 4 is 6.21 Å². The van der Waals surface area contributed by atoms with E-state index in [9.17, 15) is 4.39 Å². The Morgan fingerprint density at radius 3 is 3.00 bits per heavy atom. The van der Waals surface area contributed by atoms with Gasteiger partial charge in [0.05, 0.1) is 0 Å². The quantitative estimate of drug-likeness (QED) is 0.664. The van der Waals surface area contributed by atoms with Crippen LogP contribution in [-0.4, -0.2) is 6.21 Å². The fraction of sp³-hybridized carbons (Fsp3) is 0.300. The number of halogens is 1. The van der Waals surface area contributed by atoms with Gasteiger partial charge >= 0.3 is 0 Å². The first-order valence-electron chi connectivity index (χ1n) is 3.89. The molecule has 0 aliphatic carbocycles. The van der Waals surface area contributed by atoms with E-state index in [1.807, 2.05) is 6.92 Å². The number of hydrogen-bond donors (Lipinski definition) is 1. The average molecular weight is 164 g/mol. The van der Waals surface area contributed by atoms with Crippen LogP contribution in [-0.2, 0) is 0 Å². The minimum absolute atomic E-state index is 0.203. The maximum Gasteiger partial charge on any atom is 0.124 e. The van der Waals surface area contributed by atoms with Gasteiger partial charge in [0.15, 0.2) is 0 Å². The van der Waals surface area contributed by atoms with Gasteiger partial charge in [-0.25, -0.2) is 4.39 Å². The highest BCUT2D eigenvalue weighted by Gasteiger charge is 2.03. The van der Waals surface area contributed by atoms with E-state index >= 15 is 0 Å². The summed E-state index contributed by atoms with van der Waals surface area (Å²) in [4.78, 5) is 0. The first-order chi connectivity index (χ1) is 5.74. The second-order valence-electron chi connectivity index (χ2n) is 2.83. The minimum Gasteiger partial charge on any atom is -0.313 e. The lowest BCUT2D eigenvalue weighted by Gasteiger charge is -2.07. The third-order valence-electron chi connectivity index (χ3n) is 1.82. The van der Waals surface area contributed by atoms with Gasteiger partial charge in [0, 0.05) is 0 Å². The molecule has 0 saturated carbocycles. The topological polar surface area (TPSA) is 23.9 Å². The molecule has 63 valence electrons. The zero-order chi connectivity index (χ0) is 8.97. The van der Waals surface area contributed by atoms with Crippen molar-refractivity contribution in [1.29, 1.82) is 5.41 Å². The molecule has 1 rings (SSSR count). The normalized spacial score (nSPS) is 12.5. The van der Waals surface area contributed by atoms with Gasteiger partial charge < -0.3 is 5.41 Å². The Balaban J connectivity index is 2.80. The summed E-state index contributed by atoms with van der Waals surface area (Å²) >= 11 is 0. The monoisotopic (exact) mass is 164 g/mol. The summed E-state index contributed by atoms with van der Waals surface area (Å²) in [6, 6.07) is 7.28. The van der Waals surface area contributed by atoms with E-state index in [0.29, 0.717) is 6.42 Å². The maximum absolute atomic E-state index is 12.7. The summed E-state index contributed by atoms with van der Waals surface area (Å²) in [5, 5.41) is 6.91. The van der Waals surface area contributed by atoms with Crippen LogP contribution in [0, 0.1) is 17.3 Å². The van der Waals surface area contributed by atoms with Crippen molar-refractivity contribution in [2.24, 2.45) is 0 Å². The minimum atomic E-state index is -0.260. The molecule has 1 unspecified atom stereocenters. The first-order valence-corrected chi connectivity index (χ1v) is 3.89. The number of hydrogen-bond acceptors (Lipinski definition) is 1. The Bertz CT molecular complexity index is 270. The number of rotatable bonds is 3. The Morgan fingerprint density at radius 2 is 2.42 bits per heavy atom.